The smallest absolute Gasteiger partial charge is 0.377 e. The number of nitrogens with one attached hydrogen (secondary N) is 2. The second-order valence-corrected chi connectivity index (χ2v) is 8.68. The van der Waals surface area contributed by atoms with Crippen molar-refractivity contribution in [3.63, 3.8) is 0 Å². The van der Waals surface area contributed by atoms with Crippen molar-refractivity contribution in [2.75, 3.05) is 23.2 Å². The molecule has 4 bridgehead atoms. The van der Waals surface area contributed by atoms with Gasteiger partial charge < -0.3 is 10.1 Å². The van der Waals surface area contributed by atoms with E-state index < -0.39 is 21.8 Å². The summed E-state index contributed by atoms with van der Waals surface area (Å²) >= 11 is 0. The largest absolute Gasteiger partial charge is 0.418 e. The summed E-state index contributed by atoms with van der Waals surface area (Å²) in [6.07, 6.45) is -4.10. The number of hydrogen-bond acceptors (Lipinski definition) is 6. The van der Waals surface area contributed by atoms with E-state index in [0.29, 0.717) is 31.0 Å². The average molecular weight is 464 g/mol. The fourth-order valence-corrected chi connectivity index (χ4v) is 4.22. The van der Waals surface area contributed by atoms with Crippen molar-refractivity contribution in [3.8, 4) is 11.3 Å². The summed E-state index contributed by atoms with van der Waals surface area (Å²) in [6.45, 7) is 0.906. The van der Waals surface area contributed by atoms with Gasteiger partial charge in [-0.2, -0.15) is 21.6 Å². The van der Waals surface area contributed by atoms with Gasteiger partial charge in [-0.25, -0.2) is 9.97 Å². The van der Waals surface area contributed by atoms with Crippen LogP contribution in [0.15, 0.2) is 59.6 Å². The minimum Gasteiger partial charge on any atom is -0.377 e. The van der Waals surface area contributed by atoms with Crippen LogP contribution in [0.4, 0.5) is 24.8 Å². The first kappa shape index (κ1) is 22.0. The molecule has 0 fully saturated rings. The maximum absolute atomic E-state index is 13.7. The molecule has 3 heterocycles. The lowest BCUT2D eigenvalue weighted by atomic mass is 10.00. The number of aromatic nitrogens is 2. The highest BCUT2D eigenvalue weighted by atomic mass is 32.2. The van der Waals surface area contributed by atoms with Gasteiger partial charge in [0.25, 0.3) is 10.0 Å². The predicted octanol–water partition coefficient (Wildman–Crippen LogP) is 4.30. The lowest BCUT2D eigenvalue weighted by Crippen LogP contribution is -2.18. The second-order valence-electron chi connectivity index (χ2n) is 7.05. The van der Waals surface area contributed by atoms with E-state index in [4.69, 9.17) is 4.74 Å². The van der Waals surface area contributed by atoms with Crippen molar-refractivity contribution in [3.05, 3.63) is 65.7 Å². The van der Waals surface area contributed by atoms with E-state index in [1.807, 2.05) is 0 Å². The molecule has 1 aromatic carbocycles. The van der Waals surface area contributed by atoms with Gasteiger partial charge in [-0.3, -0.25) is 4.72 Å². The van der Waals surface area contributed by atoms with E-state index in [9.17, 15) is 21.6 Å². The highest BCUT2D eigenvalue weighted by molar-refractivity contribution is 7.92. The van der Waals surface area contributed by atoms with Crippen LogP contribution in [0, 0.1) is 0 Å². The van der Waals surface area contributed by atoms with Gasteiger partial charge in [0.1, 0.15) is 11.6 Å². The van der Waals surface area contributed by atoms with Gasteiger partial charge in [-0.05, 0) is 36.2 Å². The number of fused-ring (bicyclic) bond motifs is 6. The molecule has 1 aliphatic heterocycles. The van der Waals surface area contributed by atoms with Gasteiger partial charge in [0.2, 0.25) is 0 Å². The fraction of sp³-hybridized carbons (Fsp3) is 0.238. The van der Waals surface area contributed by atoms with Crippen LogP contribution in [0.5, 0.6) is 0 Å². The first-order valence-electron chi connectivity index (χ1n) is 9.72. The van der Waals surface area contributed by atoms with Crippen LogP contribution < -0.4 is 10.0 Å². The molecule has 0 aliphatic carbocycles. The number of nitrogens with zero attached hydrogens (tertiary/aromatic N) is 2. The lowest BCUT2D eigenvalue weighted by Gasteiger charge is -2.17. The minimum absolute atomic E-state index is 0.0822. The van der Waals surface area contributed by atoms with E-state index in [0.717, 1.165) is 12.1 Å². The molecule has 2 N–H and O–H groups in total. The summed E-state index contributed by atoms with van der Waals surface area (Å²) in [4.78, 5) is 8.11. The summed E-state index contributed by atoms with van der Waals surface area (Å²) in [5.74, 6) is 0.0994. The molecule has 7 nitrogen and oxygen atoms in total. The first-order chi connectivity index (χ1) is 15.2. The molecule has 0 atom stereocenters. The summed E-state index contributed by atoms with van der Waals surface area (Å²) in [5.41, 5.74) is -0.630. The summed E-state index contributed by atoms with van der Waals surface area (Å²) in [5, 5.41) is 2.75. The zero-order valence-corrected chi connectivity index (χ0v) is 17.5. The Morgan fingerprint density at radius 3 is 2.56 bits per heavy atom. The predicted molar refractivity (Wildman–Crippen MR) is 112 cm³/mol. The van der Waals surface area contributed by atoms with Gasteiger partial charge in [-0.15, -0.1) is 0 Å². The standard InChI is InChI=1S/C21H19F3N4O3S/c22-21(23,24)16-9-10-18-27-20(16)15-6-2-1-5-14(15)13-31-12-4-11-25-17-7-3-8-19(26-17)32(29,30)28-18/h1-3,5-10H,4,11-13H2,(H,25,26)(H,27,28). The number of pyridine rings is 2. The van der Waals surface area contributed by atoms with Crippen LogP contribution in [-0.4, -0.2) is 31.5 Å². The van der Waals surface area contributed by atoms with Crippen molar-refractivity contribution >= 4 is 21.7 Å². The molecule has 0 spiro atoms. The van der Waals surface area contributed by atoms with Crippen LogP contribution >= 0.6 is 0 Å². The second kappa shape index (κ2) is 8.75. The van der Waals surface area contributed by atoms with Gasteiger partial charge >= 0.3 is 6.18 Å². The highest BCUT2D eigenvalue weighted by Crippen LogP contribution is 2.38. The van der Waals surface area contributed by atoms with Gasteiger partial charge in [0.05, 0.1) is 17.9 Å². The van der Waals surface area contributed by atoms with E-state index in [2.05, 4.69) is 20.0 Å². The third kappa shape index (κ3) is 4.83. The number of benzene rings is 1. The van der Waals surface area contributed by atoms with Crippen molar-refractivity contribution < 1.29 is 26.3 Å². The van der Waals surface area contributed by atoms with Crippen LogP contribution in [0.2, 0.25) is 0 Å². The van der Waals surface area contributed by atoms with Gasteiger partial charge in [0, 0.05) is 18.7 Å². The Hall–Kier alpha value is -3.18. The Morgan fingerprint density at radius 2 is 1.75 bits per heavy atom. The van der Waals surface area contributed by atoms with Crippen molar-refractivity contribution in [2.45, 2.75) is 24.2 Å². The Bertz CT molecular complexity index is 1230. The number of hydrogen-bond donors (Lipinski definition) is 2. The molecule has 11 heteroatoms. The van der Waals surface area contributed by atoms with E-state index >= 15 is 0 Å². The maximum atomic E-state index is 13.7. The maximum Gasteiger partial charge on any atom is 0.418 e. The summed E-state index contributed by atoms with van der Waals surface area (Å²) < 4.78 is 74.7. The fourth-order valence-electron chi connectivity index (χ4n) is 3.25. The van der Waals surface area contributed by atoms with Crippen molar-refractivity contribution in [1.29, 1.82) is 0 Å². The normalized spacial score (nSPS) is 16.3. The minimum atomic E-state index is -4.68. The number of sulfonamides is 1. The summed E-state index contributed by atoms with van der Waals surface area (Å²) in [7, 11) is -4.18. The van der Waals surface area contributed by atoms with Crippen LogP contribution in [0.1, 0.15) is 17.5 Å². The SMILES string of the molecule is O=S1(=O)Nc2ccc(C(F)(F)F)c(n2)-c2ccccc2COCCCNc2cccc1n2. The zero-order valence-electron chi connectivity index (χ0n) is 16.7. The Balaban J connectivity index is 1.86. The lowest BCUT2D eigenvalue weighted by molar-refractivity contribution is -0.137. The highest BCUT2D eigenvalue weighted by Gasteiger charge is 2.35. The quantitative estimate of drug-likeness (QED) is 0.516. The number of anilines is 2. The van der Waals surface area contributed by atoms with Gasteiger partial charge in [-0.1, -0.05) is 30.3 Å². The van der Waals surface area contributed by atoms with Crippen LogP contribution in [-0.2, 0) is 27.5 Å². The molecule has 32 heavy (non-hydrogen) atoms. The van der Waals surface area contributed by atoms with E-state index in [1.54, 1.807) is 24.3 Å². The number of ether oxygens (including phenoxy) is 1. The van der Waals surface area contributed by atoms with Crippen molar-refractivity contribution in [1.82, 2.24) is 9.97 Å². The van der Waals surface area contributed by atoms with E-state index in [-0.39, 0.29) is 28.7 Å². The number of alkyl halides is 3. The molecule has 3 aromatic rings. The van der Waals surface area contributed by atoms with Gasteiger partial charge in [0.15, 0.2) is 5.03 Å². The molecule has 0 saturated heterocycles. The third-order valence-electron chi connectivity index (χ3n) is 4.74. The molecule has 0 amide bonds. The first-order valence-corrected chi connectivity index (χ1v) is 11.2. The average Bonchev–Trinajstić information content (AvgIpc) is 2.75. The molecule has 168 valence electrons. The zero-order chi connectivity index (χ0) is 22.8. The molecular weight excluding hydrogens is 445 g/mol. The molecule has 2 aromatic heterocycles. The monoisotopic (exact) mass is 464 g/mol. The van der Waals surface area contributed by atoms with Crippen molar-refractivity contribution in [2.24, 2.45) is 0 Å². The number of rotatable bonds is 0. The molecule has 0 saturated carbocycles. The molecular formula is C21H19F3N4O3S. The third-order valence-corrected chi connectivity index (χ3v) is 6.00. The topological polar surface area (TPSA) is 93.2 Å². The van der Waals surface area contributed by atoms with Crippen LogP contribution in [0.25, 0.3) is 11.3 Å². The Morgan fingerprint density at radius 1 is 0.938 bits per heavy atom. The number of halogens is 3. The molecule has 4 rings (SSSR count). The molecule has 0 unspecified atom stereocenters. The Kier molecular flexibility index (Phi) is 6.02. The Labute approximate surface area is 182 Å². The van der Waals surface area contributed by atoms with Crippen LogP contribution in [0.3, 0.4) is 0 Å². The van der Waals surface area contributed by atoms with E-state index in [1.165, 1.54) is 18.2 Å². The summed E-state index contributed by atoms with van der Waals surface area (Å²) in [6, 6.07) is 12.7. The molecule has 0 radical (unpaired) electrons. The molecule has 1 aliphatic rings.